The Morgan fingerprint density at radius 1 is 1.23 bits per heavy atom. The molecule has 0 unspecified atom stereocenters. The second kappa shape index (κ2) is 8.71. The predicted molar refractivity (Wildman–Crippen MR) is 116 cm³/mol. The molecule has 0 radical (unpaired) electrons. The second-order valence-corrected chi connectivity index (χ2v) is 8.14. The van der Waals surface area contributed by atoms with Crippen LogP contribution in [0.1, 0.15) is 31.2 Å². The van der Waals surface area contributed by atoms with Crippen LogP contribution >= 0.6 is 15.9 Å². The van der Waals surface area contributed by atoms with Crippen molar-refractivity contribution in [3.63, 3.8) is 0 Å². The third-order valence-corrected chi connectivity index (χ3v) is 5.97. The monoisotopic (exact) mass is 468 g/mol. The van der Waals surface area contributed by atoms with Gasteiger partial charge in [0.05, 0.1) is 45.9 Å². The molecule has 3 heterocycles. The number of nitrogens with zero attached hydrogens (tertiary/aromatic N) is 4. The number of halogens is 1. The smallest absolute Gasteiger partial charge is 0.407 e. The number of anilines is 1. The maximum atomic E-state index is 11.4. The first kappa shape index (κ1) is 20.2. The van der Waals surface area contributed by atoms with Crippen molar-refractivity contribution >= 4 is 33.2 Å². The zero-order chi connectivity index (χ0) is 21.1. The van der Waals surface area contributed by atoms with Crippen molar-refractivity contribution in [1.29, 1.82) is 5.26 Å². The minimum atomic E-state index is -0.372. The van der Waals surface area contributed by atoms with Gasteiger partial charge in [0.2, 0.25) is 0 Å². The Kier molecular flexibility index (Phi) is 5.86. The molecule has 0 bridgehead atoms. The lowest BCUT2D eigenvalue weighted by molar-refractivity contribution is 0.162. The molecule has 0 aliphatic heterocycles. The molecule has 1 fully saturated rings. The summed E-state index contributed by atoms with van der Waals surface area (Å²) in [4.78, 5) is 15.9. The molecular weight excluding hydrogens is 448 g/mol. The van der Waals surface area contributed by atoms with Gasteiger partial charge in [-0.15, -0.1) is 0 Å². The molecule has 1 saturated carbocycles. The van der Waals surface area contributed by atoms with Gasteiger partial charge in [0, 0.05) is 18.3 Å². The normalized spacial score (nSPS) is 18.6. The number of ether oxygens (including phenoxy) is 1. The minimum Gasteiger partial charge on any atom is -0.453 e. The first-order chi connectivity index (χ1) is 14.6. The molecule has 1 aliphatic rings. The maximum absolute atomic E-state index is 11.4. The Balaban J connectivity index is 1.50. The number of nitriles is 1. The molecule has 8 nitrogen and oxygen atoms in total. The number of fused-ring (bicyclic) bond motifs is 1. The minimum absolute atomic E-state index is 0.156. The number of alkyl carbamates (subject to hydrolysis) is 1. The average Bonchev–Trinajstić information content (AvgIpc) is 3.19. The Morgan fingerprint density at radius 3 is 2.73 bits per heavy atom. The van der Waals surface area contributed by atoms with Gasteiger partial charge in [-0.2, -0.15) is 10.4 Å². The van der Waals surface area contributed by atoms with E-state index in [2.05, 4.69) is 47.5 Å². The molecule has 0 atom stereocenters. The molecule has 2 N–H and O–H groups in total. The molecule has 1 amide bonds. The van der Waals surface area contributed by atoms with Crippen molar-refractivity contribution < 1.29 is 9.53 Å². The summed E-state index contributed by atoms with van der Waals surface area (Å²) in [5.74, 6) is 0. The molecule has 9 heteroatoms. The number of carbonyl (C=O) groups is 1. The van der Waals surface area contributed by atoms with E-state index in [4.69, 9.17) is 5.26 Å². The van der Waals surface area contributed by atoms with Crippen molar-refractivity contribution in [1.82, 2.24) is 19.9 Å². The van der Waals surface area contributed by atoms with Gasteiger partial charge in [0.15, 0.2) is 0 Å². The Hall–Kier alpha value is -3.12. The third kappa shape index (κ3) is 4.24. The Labute approximate surface area is 182 Å². The van der Waals surface area contributed by atoms with Gasteiger partial charge in [-0.25, -0.2) is 9.31 Å². The highest BCUT2D eigenvalue weighted by atomic mass is 79.9. The van der Waals surface area contributed by atoms with Crippen LogP contribution in [0.25, 0.3) is 16.9 Å². The van der Waals surface area contributed by atoms with Crippen LogP contribution in [0.5, 0.6) is 0 Å². The molecule has 1 aliphatic carbocycles. The molecule has 154 valence electrons. The SMILES string of the molecule is COC(=O)N[C@H]1CC[C@H](Nc2cc(-c3ccc4cc(C#N)cnn34)ncc2Br)CC1. The zero-order valence-corrected chi connectivity index (χ0v) is 18.0. The number of hydrogen-bond donors (Lipinski definition) is 2. The first-order valence-corrected chi connectivity index (χ1v) is 10.5. The highest BCUT2D eigenvalue weighted by molar-refractivity contribution is 9.10. The lowest BCUT2D eigenvalue weighted by Crippen LogP contribution is -2.40. The Morgan fingerprint density at radius 2 is 2.00 bits per heavy atom. The number of carbonyl (C=O) groups excluding carboxylic acids is 1. The van der Waals surface area contributed by atoms with E-state index in [0.29, 0.717) is 11.6 Å². The Bertz CT molecular complexity index is 1110. The van der Waals surface area contributed by atoms with E-state index < -0.39 is 0 Å². The van der Waals surface area contributed by atoms with Crippen molar-refractivity contribution in [2.24, 2.45) is 0 Å². The summed E-state index contributed by atoms with van der Waals surface area (Å²) in [6, 6.07) is 10.3. The summed E-state index contributed by atoms with van der Waals surface area (Å²) >= 11 is 3.59. The summed E-state index contributed by atoms with van der Waals surface area (Å²) < 4.78 is 7.35. The summed E-state index contributed by atoms with van der Waals surface area (Å²) in [7, 11) is 1.38. The second-order valence-electron chi connectivity index (χ2n) is 7.29. The van der Waals surface area contributed by atoms with Crippen LogP contribution in [-0.4, -0.2) is 39.9 Å². The molecule has 30 heavy (non-hydrogen) atoms. The van der Waals surface area contributed by atoms with Crippen molar-refractivity contribution in [3.8, 4) is 17.5 Å². The number of methoxy groups -OCH3 is 1. The van der Waals surface area contributed by atoms with Gasteiger partial charge in [-0.3, -0.25) is 4.98 Å². The van der Waals surface area contributed by atoms with Crippen LogP contribution < -0.4 is 10.6 Å². The summed E-state index contributed by atoms with van der Waals surface area (Å²) in [5.41, 5.74) is 3.98. The van der Waals surface area contributed by atoms with Crippen LogP contribution in [0.3, 0.4) is 0 Å². The van der Waals surface area contributed by atoms with Gasteiger partial charge >= 0.3 is 6.09 Å². The quantitative estimate of drug-likeness (QED) is 0.596. The average molecular weight is 469 g/mol. The highest BCUT2D eigenvalue weighted by Crippen LogP contribution is 2.30. The first-order valence-electron chi connectivity index (χ1n) is 9.72. The van der Waals surface area contributed by atoms with Gasteiger partial charge in [-0.1, -0.05) is 0 Å². The van der Waals surface area contributed by atoms with Crippen molar-refractivity contribution in [2.75, 3.05) is 12.4 Å². The van der Waals surface area contributed by atoms with Crippen LogP contribution in [0.2, 0.25) is 0 Å². The molecule has 3 aromatic rings. The van der Waals surface area contributed by atoms with Crippen LogP contribution in [0, 0.1) is 11.3 Å². The lowest BCUT2D eigenvalue weighted by atomic mass is 9.91. The zero-order valence-electron chi connectivity index (χ0n) is 16.4. The maximum Gasteiger partial charge on any atom is 0.407 e. The lowest BCUT2D eigenvalue weighted by Gasteiger charge is -2.30. The van der Waals surface area contributed by atoms with Crippen LogP contribution in [0.4, 0.5) is 10.5 Å². The number of aromatic nitrogens is 3. The predicted octanol–water partition coefficient (Wildman–Crippen LogP) is 4.11. The van der Waals surface area contributed by atoms with Gasteiger partial charge < -0.3 is 15.4 Å². The standard InChI is InChI=1S/C21H21BrN6O2/c1-30-21(29)27-15-4-2-14(3-5-15)26-18-9-19(24-12-17(18)22)20-7-6-16-8-13(10-23)11-25-28(16)20/h6-9,11-12,14-15H,2-5H2,1H3,(H,24,26)(H,27,29)/t14-,15-. The number of nitrogens with one attached hydrogen (secondary N) is 2. The summed E-state index contributed by atoms with van der Waals surface area (Å²) in [5, 5.41) is 19.9. The van der Waals surface area contributed by atoms with Crippen LogP contribution in [-0.2, 0) is 4.74 Å². The topological polar surface area (TPSA) is 104 Å². The van der Waals surface area contributed by atoms with Gasteiger partial charge in [0.25, 0.3) is 0 Å². The number of pyridine rings is 1. The summed E-state index contributed by atoms with van der Waals surface area (Å²) in [6.07, 6.45) is 6.66. The number of amides is 1. The number of rotatable bonds is 4. The van der Waals surface area contributed by atoms with E-state index in [1.54, 1.807) is 23.0 Å². The molecule has 4 rings (SSSR count). The van der Waals surface area contributed by atoms with Gasteiger partial charge in [-0.05, 0) is 65.9 Å². The molecule has 0 saturated heterocycles. The van der Waals surface area contributed by atoms with Crippen molar-refractivity contribution in [2.45, 2.75) is 37.8 Å². The van der Waals surface area contributed by atoms with Crippen molar-refractivity contribution in [3.05, 3.63) is 46.7 Å². The number of hydrogen-bond acceptors (Lipinski definition) is 6. The van der Waals surface area contributed by atoms with E-state index in [9.17, 15) is 4.79 Å². The highest BCUT2D eigenvalue weighted by Gasteiger charge is 2.23. The summed E-state index contributed by atoms with van der Waals surface area (Å²) in [6.45, 7) is 0. The fourth-order valence-corrected chi connectivity index (χ4v) is 4.10. The van der Waals surface area contributed by atoms with E-state index in [1.165, 1.54) is 7.11 Å². The van der Waals surface area contributed by atoms with E-state index in [0.717, 1.165) is 52.7 Å². The third-order valence-electron chi connectivity index (χ3n) is 5.34. The molecule has 0 aromatic carbocycles. The molecular formula is C21H21BrN6O2. The van der Waals surface area contributed by atoms with E-state index >= 15 is 0 Å². The van der Waals surface area contributed by atoms with Crippen LogP contribution in [0.15, 0.2) is 41.1 Å². The van der Waals surface area contributed by atoms with Gasteiger partial charge in [0.1, 0.15) is 6.07 Å². The largest absolute Gasteiger partial charge is 0.453 e. The fourth-order valence-electron chi connectivity index (χ4n) is 3.77. The van der Waals surface area contributed by atoms with E-state index in [1.807, 2.05) is 18.2 Å². The van der Waals surface area contributed by atoms with E-state index in [-0.39, 0.29) is 12.1 Å². The fraction of sp³-hybridized carbons (Fsp3) is 0.333. The molecule has 3 aromatic heterocycles. The molecule has 0 spiro atoms.